The summed E-state index contributed by atoms with van der Waals surface area (Å²) < 4.78 is 6.73. The van der Waals surface area contributed by atoms with E-state index >= 15 is 0 Å². The Morgan fingerprint density at radius 1 is 0.963 bits per heavy atom. The van der Waals surface area contributed by atoms with Crippen LogP contribution in [0.2, 0.25) is 0 Å². The summed E-state index contributed by atoms with van der Waals surface area (Å²) in [6.07, 6.45) is 5.91. The van der Waals surface area contributed by atoms with Gasteiger partial charge in [-0.3, -0.25) is 5.32 Å². The van der Waals surface area contributed by atoms with Gasteiger partial charge in [0.05, 0.1) is 19.8 Å². The molecule has 2 aromatic carbocycles. The van der Waals surface area contributed by atoms with Crippen LogP contribution < -0.4 is 22.3 Å². The Labute approximate surface area is 171 Å². The van der Waals surface area contributed by atoms with E-state index in [1.165, 1.54) is 0 Å². The fourth-order valence-electron chi connectivity index (χ4n) is 4.13. The number of likely N-dealkylation sites (N-methyl/N-ethyl adjacent to an activating group) is 1. The molecule has 4 rings (SSSR count). The summed E-state index contributed by atoms with van der Waals surface area (Å²) in [6.45, 7) is 0. The van der Waals surface area contributed by atoms with Crippen LogP contribution in [0, 0.1) is 0 Å². The average Bonchev–Trinajstić information content (AvgIpc) is 2.80. The molecule has 2 heterocycles. The fourth-order valence-corrected chi connectivity index (χ4v) is 4.13. The molecule has 2 unspecified atom stereocenters. The fraction of sp³-hybridized carbons (Fsp3) is 0.318. The molecule has 2 aliphatic heterocycles. The third-order valence-corrected chi connectivity index (χ3v) is 5.80. The number of amides is 1. The molecule has 0 aliphatic carbocycles. The Morgan fingerprint density at radius 2 is 1.56 bits per heavy atom. The molecule has 2 atom stereocenters. The van der Waals surface area contributed by atoms with Gasteiger partial charge in [-0.05, 0) is 23.8 Å². The predicted molar refractivity (Wildman–Crippen MR) is 104 cm³/mol. The quantitative estimate of drug-likeness (QED) is 0.593. The number of para-hydroxylation sites is 1. The minimum Gasteiger partial charge on any atom is -1.00 e. The number of halogens is 1. The molecule has 1 amide bonds. The molecule has 4 nitrogen and oxygen atoms in total. The molecule has 5 heteroatoms. The van der Waals surface area contributed by atoms with E-state index in [0.29, 0.717) is 12.1 Å². The maximum atomic E-state index is 12.5. The van der Waals surface area contributed by atoms with Crippen molar-refractivity contribution in [2.45, 2.75) is 31.0 Å². The van der Waals surface area contributed by atoms with E-state index in [4.69, 9.17) is 4.74 Å². The molecular weight excluding hydrogens is 404 g/mol. The number of carbonyl (C=O) groups is 1. The van der Waals surface area contributed by atoms with E-state index in [0.717, 1.165) is 34.1 Å². The van der Waals surface area contributed by atoms with Crippen molar-refractivity contribution in [2.75, 3.05) is 19.4 Å². The Kier molecular flexibility index (Phi) is 5.72. The Bertz CT molecular complexity index is 817. The zero-order chi connectivity index (χ0) is 18.1. The number of benzene rings is 2. The highest BCUT2D eigenvalue weighted by Gasteiger charge is 2.46. The van der Waals surface area contributed by atoms with Crippen LogP contribution in [-0.4, -0.2) is 42.9 Å². The number of fused-ring (bicyclic) bond motifs is 2. The number of anilines is 1. The molecule has 27 heavy (non-hydrogen) atoms. The smallest absolute Gasteiger partial charge is 0.411 e. The van der Waals surface area contributed by atoms with E-state index in [2.05, 4.69) is 31.6 Å². The first-order valence-electron chi connectivity index (χ1n) is 9.18. The first-order chi connectivity index (χ1) is 12.5. The number of hydrogen-bond acceptors (Lipinski definition) is 2. The molecule has 1 N–H and O–H groups in total. The topological polar surface area (TPSA) is 38.3 Å². The van der Waals surface area contributed by atoms with Crippen molar-refractivity contribution in [1.82, 2.24) is 0 Å². The van der Waals surface area contributed by atoms with Gasteiger partial charge in [0.1, 0.15) is 18.2 Å². The predicted octanol–water partition coefficient (Wildman–Crippen LogP) is 1.45. The van der Waals surface area contributed by atoms with Crippen LogP contribution in [0.3, 0.4) is 0 Å². The average molecular weight is 429 g/mol. The maximum absolute atomic E-state index is 12.5. The maximum Gasteiger partial charge on any atom is 0.411 e. The monoisotopic (exact) mass is 428 g/mol. The lowest BCUT2D eigenvalue weighted by molar-refractivity contribution is -0.926. The largest absolute Gasteiger partial charge is 1.00 e. The molecular formula is C22H25BrN2O2. The summed E-state index contributed by atoms with van der Waals surface area (Å²) in [5, 5.41) is 2.94. The summed E-state index contributed by atoms with van der Waals surface area (Å²) in [5.74, 6) is 0. The molecule has 0 saturated carbocycles. The van der Waals surface area contributed by atoms with Gasteiger partial charge in [0.2, 0.25) is 0 Å². The van der Waals surface area contributed by atoms with Crippen LogP contribution in [-0.2, 0) is 4.74 Å². The molecule has 1 saturated heterocycles. The minimum atomic E-state index is -0.370. The number of ether oxygens (including phenoxy) is 1. The van der Waals surface area contributed by atoms with Gasteiger partial charge >= 0.3 is 6.09 Å². The van der Waals surface area contributed by atoms with Crippen molar-refractivity contribution in [3.05, 3.63) is 66.7 Å². The van der Waals surface area contributed by atoms with Crippen LogP contribution in [0.25, 0.3) is 11.1 Å². The van der Waals surface area contributed by atoms with Crippen molar-refractivity contribution in [1.29, 1.82) is 0 Å². The zero-order valence-corrected chi connectivity index (χ0v) is 17.2. The van der Waals surface area contributed by atoms with Gasteiger partial charge in [0.25, 0.3) is 0 Å². The summed E-state index contributed by atoms with van der Waals surface area (Å²) in [6, 6.07) is 18.7. The van der Waals surface area contributed by atoms with Crippen LogP contribution in [0.5, 0.6) is 0 Å². The molecule has 142 valence electrons. The van der Waals surface area contributed by atoms with Crippen molar-refractivity contribution in [2.24, 2.45) is 0 Å². The van der Waals surface area contributed by atoms with Crippen LogP contribution in [0.1, 0.15) is 12.8 Å². The van der Waals surface area contributed by atoms with Gasteiger partial charge in [-0.25, -0.2) is 4.79 Å². The number of hydrogen-bond donors (Lipinski definition) is 1. The van der Waals surface area contributed by atoms with Gasteiger partial charge in [-0.2, -0.15) is 0 Å². The minimum absolute atomic E-state index is 0. The molecule has 0 aromatic heterocycles. The van der Waals surface area contributed by atoms with E-state index in [1.807, 2.05) is 54.6 Å². The molecule has 0 radical (unpaired) electrons. The standard InChI is InChI=1S/C22H24N2O2.BrH/c1-24(2)17-12-13-18(24)15-19(14-17)26-22(25)23-21-11-7-6-10-20(21)16-8-4-3-5-9-16;/h3-13,17-19H,14-15H2,1-2H3;1H. The van der Waals surface area contributed by atoms with Crippen LogP contribution in [0.4, 0.5) is 10.5 Å². The number of nitrogens with one attached hydrogen (secondary N) is 1. The summed E-state index contributed by atoms with van der Waals surface area (Å²) in [5.41, 5.74) is 2.84. The first-order valence-corrected chi connectivity index (χ1v) is 9.18. The highest BCUT2D eigenvalue weighted by atomic mass is 79.9. The second-order valence-electron chi connectivity index (χ2n) is 7.68. The van der Waals surface area contributed by atoms with E-state index in [-0.39, 0.29) is 29.2 Å². The second-order valence-corrected chi connectivity index (χ2v) is 7.68. The first kappa shape index (κ1) is 19.6. The number of nitrogens with zero attached hydrogens (tertiary/aromatic N) is 1. The molecule has 2 aromatic rings. The summed E-state index contributed by atoms with van der Waals surface area (Å²) in [4.78, 5) is 12.5. The zero-order valence-electron chi connectivity index (χ0n) is 15.6. The van der Waals surface area contributed by atoms with Crippen molar-refractivity contribution in [3.8, 4) is 11.1 Å². The third kappa shape index (κ3) is 3.94. The highest BCUT2D eigenvalue weighted by molar-refractivity contribution is 5.91. The van der Waals surface area contributed by atoms with Crippen molar-refractivity contribution >= 4 is 11.8 Å². The van der Waals surface area contributed by atoms with Gasteiger partial charge in [0.15, 0.2) is 0 Å². The van der Waals surface area contributed by atoms with E-state index < -0.39 is 0 Å². The van der Waals surface area contributed by atoms with Gasteiger partial charge in [0, 0.05) is 18.4 Å². The number of quaternary nitrogens is 1. The van der Waals surface area contributed by atoms with Crippen molar-refractivity contribution in [3.63, 3.8) is 0 Å². The third-order valence-electron chi connectivity index (χ3n) is 5.80. The molecule has 0 spiro atoms. The van der Waals surface area contributed by atoms with E-state index in [9.17, 15) is 4.79 Å². The van der Waals surface area contributed by atoms with E-state index in [1.54, 1.807) is 0 Å². The van der Waals surface area contributed by atoms with Crippen LogP contribution >= 0.6 is 0 Å². The lowest BCUT2D eigenvalue weighted by atomic mass is 9.97. The summed E-state index contributed by atoms with van der Waals surface area (Å²) >= 11 is 0. The highest BCUT2D eigenvalue weighted by Crippen LogP contribution is 2.36. The van der Waals surface area contributed by atoms with Gasteiger partial charge < -0.3 is 26.2 Å². The van der Waals surface area contributed by atoms with Gasteiger partial charge in [-0.1, -0.05) is 48.5 Å². The number of piperidine rings is 1. The molecule has 2 aliphatic rings. The lowest BCUT2D eigenvalue weighted by Crippen LogP contribution is -3.00. The molecule has 1 fully saturated rings. The van der Waals surface area contributed by atoms with Gasteiger partial charge in [-0.15, -0.1) is 0 Å². The molecule has 2 bridgehead atoms. The number of carbonyl (C=O) groups excluding carboxylic acids is 1. The Hall–Kier alpha value is -2.11. The normalized spacial score (nSPS) is 24.7. The van der Waals surface area contributed by atoms with Crippen LogP contribution in [0.15, 0.2) is 66.7 Å². The summed E-state index contributed by atoms with van der Waals surface area (Å²) in [7, 11) is 4.50. The number of rotatable bonds is 3. The second kappa shape index (κ2) is 7.87. The Morgan fingerprint density at radius 3 is 2.22 bits per heavy atom. The van der Waals surface area contributed by atoms with Crippen molar-refractivity contribution < 1.29 is 31.0 Å². The Balaban J connectivity index is 0.00000210. The lowest BCUT2D eigenvalue weighted by Gasteiger charge is -2.43. The SMILES string of the molecule is C[N+]1(C)C2C=CC1CC(OC(=O)Nc1ccccc1-c1ccccc1)C2.[Br-].